The molecule has 0 saturated heterocycles. The molecule has 0 aliphatic heterocycles. The Kier molecular flexibility index (Phi) is 12.5. The number of hydrogen-bond acceptors (Lipinski definition) is 3. The van der Waals surface area contributed by atoms with Crippen molar-refractivity contribution in [2.45, 2.75) is 87.2 Å². The molecule has 0 aliphatic rings. The smallest absolute Gasteiger partial charge is 0.416 e. The summed E-state index contributed by atoms with van der Waals surface area (Å²) in [7, 11) is 0. The third-order valence-corrected chi connectivity index (χ3v) is 9.10. The number of carbonyl (C=O) groups is 1. The number of hydrogen-bond donors (Lipinski definition) is 1. The molecule has 0 saturated carbocycles. The number of halogens is 3. The Hall–Kier alpha value is -3.02. The normalized spacial score (nSPS) is 12.5. The molecule has 0 atom stereocenters. The summed E-state index contributed by atoms with van der Waals surface area (Å²) in [6, 6.07) is 16.7. The topological polar surface area (TPSA) is 50.2 Å². The molecular formula is C37H43F3IrNO2-. The van der Waals surface area contributed by atoms with E-state index in [0.717, 1.165) is 70.3 Å². The van der Waals surface area contributed by atoms with Crippen LogP contribution in [0.5, 0.6) is 0 Å². The number of nitrogens with zero attached hydrogens (tertiary/aromatic N) is 1. The summed E-state index contributed by atoms with van der Waals surface area (Å²) < 4.78 is 39.4. The van der Waals surface area contributed by atoms with Gasteiger partial charge in [-0.15, -0.1) is 34.9 Å². The first-order chi connectivity index (χ1) is 20.1. The Labute approximate surface area is 273 Å². The number of fused-ring (bicyclic) bond motifs is 3. The quantitative estimate of drug-likeness (QED) is 0.0838. The molecule has 4 aromatic rings. The summed E-state index contributed by atoms with van der Waals surface area (Å²) in [5.74, 6) is 0.286. The van der Waals surface area contributed by atoms with Gasteiger partial charge in [0.05, 0.1) is 5.56 Å². The molecule has 1 heterocycles. The fourth-order valence-corrected chi connectivity index (χ4v) is 5.08. The second-order valence-electron chi connectivity index (χ2n) is 11.9. The molecule has 1 radical (unpaired) electrons. The summed E-state index contributed by atoms with van der Waals surface area (Å²) in [6.45, 7) is 16.0. The molecule has 0 fully saturated rings. The summed E-state index contributed by atoms with van der Waals surface area (Å²) in [5.41, 5.74) is 2.42. The number of pyridine rings is 1. The minimum absolute atomic E-state index is 0. The molecule has 239 valence electrons. The Morgan fingerprint density at radius 2 is 1.43 bits per heavy atom. The van der Waals surface area contributed by atoms with Gasteiger partial charge in [0.1, 0.15) is 5.76 Å². The fourth-order valence-electron chi connectivity index (χ4n) is 5.08. The van der Waals surface area contributed by atoms with Crippen LogP contribution in [0.4, 0.5) is 13.2 Å². The van der Waals surface area contributed by atoms with E-state index in [1.165, 1.54) is 18.2 Å². The Morgan fingerprint density at radius 1 is 0.841 bits per heavy atom. The number of aliphatic hydroxyl groups is 1. The number of alkyl halides is 3. The second kappa shape index (κ2) is 14.8. The number of allylic oxidation sites excluding steroid dienone is 2. The van der Waals surface area contributed by atoms with E-state index in [1.54, 1.807) is 12.3 Å². The van der Waals surface area contributed by atoms with Gasteiger partial charge in [0.25, 0.3) is 0 Å². The molecule has 3 nitrogen and oxygen atoms in total. The van der Waals surface area contributed by atoms with Crippen molar-refractivity contribution < 1.29 is 43.2 Å². The Balaban J connectivity index is 0.000000331. The number of aromatic nitrogens is 1. The molecule has 7 heteroatoms. The van der Waals surface area contributed by atoms with Crippen LogP contribution in [0.15, 0.2) is 66.6 Å². The molecule has 0 unspecified atom stereocenters. The third kappa shape index (κ3) is 8.17. The average Bonchev–Trinajstić information content (AvgIpc) is 2.98. The van der Waals surface area contributed by atoms with Gasteiger partial charge >= 0.3 is 6.18 Å². The van der Waals surface area contributed by atoms with E-state index in [4.69, 9.17) is 0 Å². The second-order valence-corrected chi connectivity index (χ2v) is 11.9. The van der Waals surface area contributed by atoms with Crippen LogP contribution < -0.4 is 0 Å². The van der Waals surface area contributed by atoms with Crippen LogP contribution in [0.1, 0.15) is 83.9 Å². The van der Waals surface area contributed by atoms with Gasteiger partial charge in [-0.1, -0.05) is 73.6 Å². The van der Waals surface area contributed by atoms with Crippen molar-refractivity contribution in [3.63, 3.8) is 0 Å². The molecular weight excluding hydrogens is 740 g/mol. The fraction of sp³-hybridized carbons (Fsp3) is 0.405. The molecule has 0 bridgehead atoms. The Morgan fingerprint density at radius 3 is 1.98 bits per heavy atom. The van der Waals surface area contributed by atoms with Crippen LogP contribution in [-0.4, -0.2) is 15.9 Å². The molecule has 44 heavy (non-hydrogen) atoms. The number of benzene rings is 3. The van der Waals surface area contributed by atoms with Gasteiger partial charge in [0.15, 0.2) is 5.78 Å². The van der Waals surface area contributed by atoms with Gasteiger partial charge in [-0.05, 0) is 71.1 Å². The molecule has 1 N–H and O–H groups in total. The van der Waals surface area contributed by atoms with Crippen LogP contribution in [-0.2, 0) is 31.1 Å². The van der Waals surface area contributed by atoms with Crippen molar-refractivity contribution in [1.82, 2.24) is 4.98 Å². The van der Waals surface area contributed by atoms with Gasteiger partial charge in [0.2, 0.25) is 0 Å². The van der Waals surface area contributed by atoms with E-state index in [0.29, 0.717) is 5.39 Å². The Bertz CT molecular complexity index is 1610. The number of aliphatic hydroxyl groups excluding tert-OH is 1. The minimum atomic E-state index is -4.37. The number of carbonyl (C=O) groups excluding carboxylic acids is 1. The number of aryl methyl sites for hydroxylation is 2. The van der Waals surface area contributed by atoms with Crippen LogP contribution in [0.25, 0.3) is 32.8 Å². The van der Waals surface area contributed by atoms with Crippen molar-refractivity contribution >= 4 is 27.3 Å². The zero-order chi connectivity index (χ0) is 32.2. The van der Waals surface area contributed by atoms with E-state index < -0.39 is 11.7 Å². The first-order valence-corrected chi connectivity index (χ1v) is 15.0. The molecule has 4 rings (SSSR count). The number of rotatable bonds is 8. The first kappa shape index (κ1) is 37.2. The van der Waals surface area contributed by atoms with Crippen LogP contribution in [0, 0.1) is 30.7 Å². The molecule has 0 amide bonds. The monoisotopic (exact) mass is 783 g/mol. The van der Waals surface area contributed by atoms with Crippen LogP contribution in [0.2, 0.25) is 0 Å². The zero-order valence-electron chi connectivity index (χ0n) is 26.9. The maximum Gasteiger partial charge on any atom is 0.416 e. The standard InChI is InChI=1S/C22H15F3N.C15H28O2.Ir/c1-13-9-14(2)11-16(10-13)21-19-6-4-15-3-5-17(22(23,24)25)12-20(15)18(19)7-8-26-21;1-7-14(5,8-2)12(16)11-13(17)15(6,9-3)10-4;/h3-10,12H,1-2H3;11,16H,7-10H2,1-6H3;/q-1;;/b;12-11-;. The summed E-state index contributed by atoms with van der Waals surface area (Å²) in [5, 5.41) is 13.1. The van der Waals surface area contributed by atoms with E-state index in [1.807, 2.05) is 79.7 Å². The summed E-state index contributed by atoms with van der Waals surface area (Å²) in [4.78, 5) is 16.7. The molecule has 1 aromatic heterocycles. The van der Waals surface area contributed by atoms with Crippen molar-refractivity contribution in [1.29, 1.82) is 0 Å². The van der Waals surface area contributed by atoms with Crippen LogP contribution in [0.3, 0.4) is 0 Å². The van der Waals surface area contributed by atoms with Crippen molar-refractivity contribution in [3.05, 3.63) is 89.3 Å². The van der Waals surface area contributed by atoms with Crippen molar-refractivity contribution in [2.75, 3.05) is 0 Å². The van der Waals surface area contributed by atoms with E-state index in [2.05, 4.69) is 11.1 Å². The average molecular weight is 783 g/mol. The maximum atomic E-state index is 13.1. The van der Waals surface area contributed by atoms with Gasteiger partial charge in [-0.2, -0.15) is 13.2 Å². The molecule has 0 aliphatic carbocycles. The molecule has 0 spiro atoms. The van der Waals surface area contributed by atoms with Crippen molar-refractivity contribution in [2.24, 2.45) is 10.8 Å². The third-order valence-electron chi connectivity index (χ3n) is 9.10. The largest absolute Gasteiger partial charge is 0.512 e. The van der Waals surface area contributed by atoms with Crippen LogP contribution >= 0.6 is 0 Å². The van der Waals surface area contributed by atoms with E-state index in [-0.39, 0.29) is 42.5 Å². The van der Waals surface area contributed by atoms with Gasteiger partial charge in [-0.3, -0.25) is 4.79 Å². The first-order valence-electron chi connectivity index (χ1n) is 15.0. The number of ketones is 1. The van der Waals surface area contributed by atoms with E-state index >= 15 is 0 Å². The van der Waals surface area contributed by atoms with E-state index in [9.17, 15) is 23.1 Å². The van der Waals surface area contributed by atoms with Gasteiger partial charge in [-0.25, -0.2) is 0 Å². The van der Waals surface area contributed by atoms with Gasteiger partial charge in [0, 0.05) is 43.2 Å². The van der Waals surface area contributed by atoms with Crippen molar-refractivity contribution in [3.8, 4) is 11.3 Å². The predicted octanol–water partition coefficient (Wildman–Crippen LogP) is 11.1. The summed E-state index contributed by atoms with van der Waals surface area (Å²) in [6.07, 6.45) is 2.03. The zero-order valence-corrected chi connectivity index (χ0v) is 29.3. The summed E-state index contributed by atoms with van der Waals surface area (Å²) >= 11 is 0. The van der Waals surface area contributed by atoms with Gasteiger partial charge < -0.3 is 10.1 Å². The molecule has 3 aromatic carbocycles. The maximum absolute atomic E-state index is 13.1. The predicted molar refractivity (Wildman–Crippen MR) is 171 cm³/mol. The SMILES string of the molecule is CCC(C)(CC)C(=O)/C=C(\O)C(C)(CC)CC.Cc1[c-]c(-c2nccc3c2ccc2ccc(C(F)(F)F)cc23)cc(C)c1.[Ir]. The minimum Gasteiger partial charge on any atom is -0.512 e.